The van der Waals surface area contributed by atoms with Gasteiger partial charge in [-0.1, -0.05) is 12.8 Å². The molecule has 1 aromatic rings. The highest BCUT2D eigenvalue weighted by molar-refractivity contribution is 5.51. The molecular formula is C11H14N2O2. The van der Waals surface area contributed by atoms with E-state index in [4.69, 9.17) is 4.74 Å². The number of aldehydes is 1. The molecule has 1 heterocycles. The van der Waals surface area contributed by atoms with Gasteiger partial charge in [0, 0.05) is 5.92 Å². The van der Waals surface area contributed by atoms with Gasteiger partial charge in [-0.15, -0.1) is 0 Å². The topological polar surface area (TPSA) is 52.1 Å². The van der Waals surface area contributed by atoms with Crippen LogP contribution in [0.3, 0.4) is 0 Å². The summed E-state index contributed by atoms with van der Waals surface area (Å²) in [7, 11) is 0. The fourth-order valence-electron chi connectivity index (χ4n) is 1.93. The lowest BCUT2D eigenvalue weighted by Crippen LogP contribution is -2.03. The first-order valence-electron chi connectivity index (χ1n) is 5.28. The summed E-state index contributed by atoms with van der Waals surface area (Å²) >= 11 is 0. The monoisotopic (exact) mass is 206 g/mol. The Balaban J connectivity index is 1.99. The molecule has 4 heteroatoms. The molecule has 80 valence electrons. The average Bonchev–Trinajstić information content (AvgIpc) is 2.80. The maximum atomic E-state index is 10.1. The van der Waals surface area contributed by atoms with Crippen molar-refractivity contribution in [2.24, 2.45) is 0 Å². The quantitative estimate of drug-likeness (QED) is 0.704. The highest BCUT2D eigenvalue weighted by atomic mass is 16.5. The molecule has 0 bridgehead atoms. The van der Waals surface area contributed by atoms with E-state index in [9.17, 15) is 4.79 Å². The number of hydrogen-bond acceptors (Lipinski definition) is 4. The third-order valence-electron chi connectivity index (χ3n) is 2.69. The van der Waals surface area contributed by atoms with E-state index in [2.05, 4.69) is 9.97 Å². The molecule has 0 spiro atoms. The minimum Gasteiger partial charge on any atom is -0.483 e. The van der Waals surface area contributed by atoms with Crippen LogP contribution in [0.5, 0.6) is 5.75 Å². The Morgan fingerprint density at radius 1 is 1.33 bits per heavy atom. The normalized spacial score (nSPS) is 16.5. The fraction of sp³-hybridized carbons (Fsp3) is 0.545. The first-order valence-corrected chi connectivity index (χ1v) is 5.28. The van der Waals surface area contributed by atoms with Crippen LogP contribution in [0.15, 0.2) is 12.4 Å². The number of aromatic nitrogens is 2. The zero-order valence-corrected chi connectivity index (χ0v) is 8.56. The molecule has 0 radical (unpaired) electrons. The van der Waals surface area contributed by atoms with Crippen LogP contribution in [0.25, 0.3) is 0 Å². The Morgan fingerprint density at radius 2 is 2.00 bits per heavy atom. The van der Waals surface area contributed by atoms with Crippen molar-refractivity contribution in [3.8, 4) is 5.75 Å². The van der Waals surface area contributed by atoms with E-state index in [1.165, 1.54) is 25.7 Å². The first kappa shape index (κ1) is 10.1. The van der Waals surface area contributed by atoms with Gasteiger partial charge in [-0.2, -0.15) is 0 Å². The van der Waals surface area contributed by atoms with Crippen LogP contribution in [0.2, 0.25) is 0 Å². The summed E-state index contributed by atoms with van der Waals surface area (Å²) < 4.78 is 5.08. The summed E-state index contributed by atoms with van der Waals surface area (Å²) in [5.41, 5.74) is 0. The second kappa shape index (κ2) is 4.87. The molecule has 1 saturated carbocycles. The van der Waals surface area contributed by atoms with Gasteiger partial charge in [0.15, 0.2) is 12.0 Å². The van der Waals surface area contributed by atoms with Gasteiger partial charge in [-0.05, 0) is 12.8 Å². The molecule has 1 aromatic heterocycles. The molecular weight excluding hydrogens is 192 g/mol. The van der Waals surface area contributed by atoms with Gasteiger partial charge in [-0.25, -0.2) is 9.97 Å². The Bertz CT molecular complexity index is 318. The van der Waals surface area contributed by atoms with Crippen LogP contribution in [-0.4, -0.2) is 22.9 Å². The Hall–Kier alpha value is -1.45. The zero-order chi connectivity index (χ0) is 10.5. The van der Waals surface area contributed by atoms with Crippen molar-refractivity contribution in [3.05, 3.63) is 18.2 Å². The zero-order valence-electron chi connectivity index (χ0n) is 8.56. The van der Waals surface area contributed by atoms with Crippen LogP contribution in [0.1, 0.15) is 37.4 Å². The molecule has 1 aliphatic carbocycles. The molecule has 1 fully saturated rings. The maximum Gasteiger partial charge on any atom is 0.157 e. The lowest BCUT2D eigenvalue weighted by Gasteiger charge is -2.07. The number of nitrogens with zero attached hydrogens (tertiary/aromatic N) is 2. The van der Waals surface area contributed by atoms with Gasteiger partial charge >= 0.3 is 0 Å². The van der Waals surface area contributed by atoms with Crippen molar-refractivity contribution in [2.75, 3.05) is 6.61 Å². The molecule has 0 amide bonds. The summed E-state index contributed by atoms with van der Waals surface area (Å²) in [6, 6.07) is 0. The van der Waals surface area contributed by atoms with Gasteiger partial charge in [0.2, 0.25) is 0 Å². The molecule has 0 saturated heterocycles. The van der Waals surface area contributed by atoms with E-state index in [-0.39, 0.29) is 6.61 Å². The van der Waals surface area contributed by atoms with Crippen molar-refractivity contribution in [2.45, 2.75) is 31.6 Å². The number of hydrogen-bond donors (Lipinski definition) is 0. The SMILES string of the molecule is O=CCOc1cnc(C2CCCC2)nc1. The molecule has 15 heavy (non-hydrogen) atoms. The molecule has 0 unspecified atom stereocenters. The van der Waals surface area contributed by atoms with Crippen molar-refractivity contribution in [3.63, 3.8) is 0 Å². The van der Waals surface area contributed by atoms with Crippen LogP contribution in [-0.2, 0) is 4.79 Å². The van der Waals surface area contributed by atoms with E-state index in [1.807, 2.05) is 0 Å². The molecule has 1 aliphatic rings. The van der Waals surface area contributed by atoms with Gasteiger partial charge in [-0.3, -0.25) is 4.79 Å². The minimum absolute atomic E-state index is 0.0616. The standard InChI is InChI=1S/C11H14N2O2/c14-5-6-15-10-7-12-11(13-8-10)9-3-1-2-4-9/h5,7-9H,1-4,6H2. The van der Waals surface area contributed by atoms with Crippen LogP contribution >= 0.6 is 0 Å². The number of carbonyl (C=O) groups excluding carboxylic acids is 1. The molecule has 4 nitrogen and oxygen atoms in total. The lowest BCUT2D eigenvalue weighted by molar-refractivity contribution is -0.109. The third kappa shape index (κ3) is 2.52. The summed E-state index contributed by atoms with van der Waals surface area (Å²) in [6.45, 7) is 0.0616. The lowest BCUT2D eigenvalue weighted by atomic mass is 10.1. The van der Waals surface area contributed by atoms with E-state index < -0.39 is 0 Å². The minimum atomic E-state index is 0.0616. The predicted octanol–water partition coefficient (Wildman–Crippen LogP) is 1.71. The smallest absolute Gasteiger partial charge is 0.157 e. The van der Waals surface area contributed by atoms with Crippen LogP contribution in [0, 0.1) is 0 Å². The van der Waals surface area contributed by atoms with E-state index in [0.29, 0.717) is 18.0 Å². The number of ether oxygens (including phenoxy) is 1. The Kier molecular flexibility index (Phi) is 3.27. The van der Waals surface area contributed by atoms with E-state index in [0.717, 1.165) is 5.82 Å². The maximum absolute atomic E-state index is 10.1. The predicted molar refractivity (Wildman–Crippen MR) is 54.8 cm³/mol. The van der Waals surface area contributed by atoms with E-state index >= 15 is 0 Å². The van der Waals surface area contributed by atoms with Crippen LogP contribution in [0.4, 0.5) is 0 Å². The second-order valence-corrected chi connectivity index (χ2v) is 3.74. The van der Waals surface area contributed by atoms with Gasteiger partial charge in [0.25, 0.3) is 0 Å². The Morgan fingerprint density at radius 3 is 2.60 bits per heavy atom. The van der Waals surface area contributed by atoms with Crippen molar-refractivity contribution in [1.29, 1.82) is 0 Å². The van der Waals surface area contributed by atoms with Crippen molar-refractivity contribution < 1.29 is 9.53 Å². The number of carbonyl (C=O) groups is 1. The molecule has 2 rings (SSSR count). The van der Waals surface area contributed by atoms with E-state index in [1.54, 1.807) is 12.4 Å². The highest BCUT2D eigenvalue weighted by Crippen LogP contribution is 2.31. The molecule has 0 aliphatic heterocycles. The summed E-state index contributed by atoms with van der Waals surface area (Å²) in [6.07, 6.45) is 8.93. The first-order chi connectivity index (χ1) is 7.40. The van der Waals surface area contributed by atoms with Gasteiger partial charge in [0.1, 0.15) is 12.4 Å². The van der Waals surface area contributed by atoms with Crippen molar-refractivity contribution >= 4 is 6.29 Å². The number of rotatable bonds is 4. The third-order valence-corrected chi connectivity index (χ3v) is 2.69. The largest absolute Gasteiger partial charge is 0.483 e. The fourth-order valence-corrected chi connectivity index (χ4v) is 1.93. The summed E-state index contributed by atoms with van der Waals surface area (Å²) in [5, 5.41) is 0. The second-order valence-electron chi connectivity index (χ2n) is 3.74. The summed E-state index contributed by atoms with van der Waals surface area (Å²) in [4.78, 5) is 18.6. The Labute approximate surface area is 88.7 Å². The average molecular weight is 206 g/mol. The van der Waals surface area contributed by atoms with Gasteiger partial charge in [0.05, 0.1) is 12.4 Å². The molecule has 0 N–H and O–H groups in total. The molecule has 0 atom stereocenters. The highest BCUT2D eigenvalue weighted by Gasteiger charge is 2.19. The van der Waals surface area contributed by atoms with Crippen molar-refractivity contribution in [1.82, 2.24) is 9.97 Å². The van der Waals surface area contributed by atoms with Gasteiger partial charge < -0.3 is 4.74 Å². The molecule has 0 aromatic carbocycles. The van der Waals surface area contributed by atoms with Crippen LogP contribution < -0.4 is 4.74 Å². The summed E-state index contributed by atoms with van der Waals surface area (Å²) in [5.74, 6) is 1.99.